The van der Waals surface area contributed by atoms with Gasteiger partial charge in [-0.05, 0) is 69.8 Å². The number of aromatic nitrogens is 1. The van der Waals surface area contributed by atoms with E-state index in [0.29, 0.717) is 0 Å². The fourth-order valence-corrected chi connectivity index (χ4v) is 6.25. The molecule has 1 N–H and O–H groups in total. The van der Waals surface area contributed by atoms with Gasteiger partial charge >= 0.3 is 0 Å². The summed E-state index contributed by atoms with van der Waals surface area (Å²) in [5.41, 5.74) is 3.63. The van der Waals surface area contributed by atoms with E-state index in [1.807, 2.05) is 0 Å². The van der Waals surface area contributed by atoms with Crippen LogP contribution in [0, 0.1) is 19.8 Å². The van der Waals surface area contributed by atoms with Crippen LogP contribution in [-0.2, 0) is 4.79 Å². The zero-order valence-electron chi connectivity index (χ0n) is 20.0. The van der Waals surface area contributed by atoms with Crippen LogP contribution in [0.4, 0.5) is 5.13 Å². The Morgan fingerprint density at radius 2 is 1.88 bits per heavy atom. The predicted octanol–water partition coefficient (Wildman–Crippen LogP) is 3.66. The van der Waals surface area contributed by atoms with E-state index in [4.69, 9.17) is 4.98 Å². The molecule has 2 aliphatic heterocycles. The number of anilines is 1. The number of piperidine rings is 1. The third-order valence-electron chi connectivity index (χ3n) is 6.84. The summed E-state index contributed by atoms with van der Waals surface area (Å²) in [4.78, 5) is 25.2. The highest BCUT2D eigenvalue weighted by Gasteiger charge is 2.27. The number of benzene rings is 1. The molecule has 2 saturated heterocycles. The van der Waals surface area contributed by atoms with Crippen LogP contribution >= 0.6 is 11.3 Å². The van der Waals surface area contributed by atoms with Crippen molar-refractivity contribution in [3.8, 4) is 0 Å². The first-order chi connectivity index (χ1) is 15.5. The minimum atomic E-state index is 0.0659. The average Bonchev–Trinajstić information content (AvgIpc) is 3.22. The lowest BCUT2D eigenvalue weighted by atomic mass is 9.97. The van der Waals surface area contributed by atoms with Crippen LogP contribution in [0.1, 0.15) is 43.7 Å². The largest absolute Gasteiger partial charge is 0.356 e. The van der Waals surface area contributed by atoms with E-state index in [9.17, 15) is 4.79 Å². The SMILES string of the molecule is CCCN1CCN(CCCNC(=O)[C@@H]2CCCN(c3nc4c(C)cc(C)cc4s3)C2)CC1. The Morgan fingerprint density at radius 1 is 1.12 bits per heavy atom. The van der Waals surface area contributed by atoms with E-state index in [0.717, 1.165) is 69.2 Å². The van der Waals surface area contributed by atoms with Crippen LogP contribution in [0.3, 0.4) is 0 Å². The first kappa shape index (κ1) is 23.5. The fraction of sp³-hybridized carbons (Fsp3) is 0.680. The van der Waals surface area contributed by atoms with Crippen molar-refractivity contribution in [2.45, 2.75) is 46.5 Å². The molecule has 1 aromatic carbocycles. The summed E-state index contributed by atoms with van der Waals surface area (Å²) in [6.07, 6.45) is 4.30. The quantitative estimate of drug-likeness (QED) is 0.613. The number of carbonyl (C=O) groups excluding carboxylic acids is 1. The first-order valence-electron chi connectivity index (χ1n) is 12.4. The summed E-state index contributed by atoms with van der Waals surface area (Å²) in [7, 11) is 0. The molecule has 0 aliphatic carbocycles. The van der Waals surface area contributed by atoms with Gasteiger partial charge in [0.25, 0.3) is 0 Å². The summed E-state index contributed by atoms with van der Waals surface area (Å²) < 4.78 is 1.25. The number of piperazine rings is 1. The number of rotatable bonds is 8. The summed E-state index contributed by atoms with van der Waals surface area (Å²) in [5.74, 6) is 0.284. The van der Waals surface area contributed by atoms with Crippen LogP contribution in [0.25, 0.3) is 10.2 Å². The van der Waals surface area contributed by atoms with E-state index < -0.39 is 0 Å². The normalized spacial score (nSPS) is 20.7. The molecule has 0 unspecified atom stereocenters. The van der Waals surface area contributed by atoms with Gasteiger partial charge in [-0.2, -0.15) is 0 Å². The molecule has 2 aromatic rings. The van der Waals surface area contributed by atoms with E-state index in [2.05, 4.69) is 52.9 Å². The molecular formula is C25H39N5OS. The van der Waals surface area contributed by atoms with Crippen molar-refractivity contribution in [2.75, 3.05) is 63.8 Å². The van der Waals surface area contributed by atoms with Crippen molar-refractivity contribution in [2.24, 2.45) is 5.92 Å². The van der Waals surface area contributed by atoms with E-state index in [1.54, 1.807) is 11.3 Å². The summed E-state index contributed by atoms with van der Waals surface area (Å²) in [6, 6.07) is 4.42. The number of carbonyl (C=O) groups is 1. The number of hydrogen-bond acceptors (Lipinski definition) is 6. The fourth-order valence-electron chi connectivity index (χ4n) is 5.07. The molecule has 7 heteroatoms. The molecule has 0 saturated carbocycles. The van der Waals surface area contributed by atoms with Crippen molar-refractivity contribution in [1.82, 2.24) is 20.1 Å². The Kier molecular flexibility index (Phi) is 8.02. The van der Waals surface area contributed by atoms with Crippen molar-refractivity contribution >= 4 is 32.6 Å². The first-order valence-corrected chi connectivity index (χ1v) is 13.2. The Morgan fingerprint density at radius 3 is 2.62 bits per heavy atom. The second-order valence-electron chi connectivity index (χ2n) is 9.54. The molecule has 0 spiro atoms. The lowest BCUT2D eigenvalue weighted by molar-refractivity contribution is -0.125. The summed E-state index contributed by atoms with van der Waals surface area (Å²) in [5, 5.41) is 4.28. The van der Waals surface area contributed by atoms with Crippen molar-refractivity contribution in [3.05, 3.63) is 23.3 Å². The number of fused-ring (bicyclic) bond motifs is 1. The van der Waals surface area contributed by atoms with E-state index >= 15 is 0 Å². The van der Waals surface area contributed by atoms with Gasteiger partial charge in [-0.15, -0.1) is 0 Å². The lowest BCUT2D eigenvalue weighted by Gasteiger charge is -2.34. The molecule has 176 valence electrons. The van der Waals surface area contributed by atoms with Crippen LogP contribution in [-0.4, -0.2) is 79.6 Å². The maximum absolute atomic E-state index is 12.8. The second kappa shape index (κ2) is 10.9. The van der Waals surface area contributed by atoms with Gasteiger partial charge in [0.05, 0.1) is 16.1 Å². The topological polar surface area (TPSA) is 51.7 Å². The third-order valence-corrected chi connectivity index (χ3v) is 7.90. The maximum Gasteiger partial charge on any atom is 0.224 e. The predicted molar refractivity (Wildman–Crippen MR) is 135 cm³/mol. The number of amides is 1. The highest BCUT2D eigenvalue weighted by atomic mass is 32.1. The van der Waals surface area contributed by atoms with Crippen molar-refractivity contribution in [3.63, 3.8) is 0 Å². The van der Waals surface area contributed by atoms with Gasteiger partial charge in [-0.25, -0.2) is 4.98 Å². The molecule has 2 fully saturated rings. The highest BCUT2D eigenvalue weighted by Crippen LogP contribution is 2.33. The number of nitrogens with zero attached hydrogens (tertiary/aromatic N) is 4. The lowest BCUT2D eigenvalue weighted by Crippen LogP contribution is -2.47. The molecular weight excluding hydrogens is 418 g/mol. The van der Waals surface area contributed by atoms with Crippen LogP contribution in [0.2, 0.25) is 0 Å². The molecule has 4 rings (SSSR count). The molecule has 6 nitrogen and oxygen atoms in total. The minimum Gasteiger partial charge on any atom is -0.356 e. The highest BCUT2D eigenvalue weighted by molar-refractivity contribution is 7.22. The van der Waals surface area contributed by atoms with Gasteiger partial charge < -0.3 is 20.0 Å². The van der Waals surface area contributed by atoms with Crippen LogP contribution in [0.15, 0.2) is 12.1 Å². The third kappa shape index (κ3) is 5.80. The zero-order valence-corrected chi connectivity index (χ0v) is 20.8. The number of aryl methyl sites for hydroxylation is 2. The van der Waals surface area contributed by atoms with Gasteiger partial charge in [0.1, 0.15) is 0 Å². The standard InChI is InChI=1S/C25H39N5OS/c1-4-9-28-12-14-29(15-13-28)10-6-8-26-24(31)21-7-5-11-30(18-21)25-27-23-20(3)16-19(2)17-22(23)32-25/h16-17,21H,4-15,18H2,1-3H3,(H,26,31)/t21-/m1/s1. The number of hydrogen-bond donors (Lipinski definition) is 1. The Hall–Kier alpha value is -1.70. The van der Waals surface area contributed by atoms with E-state index in [-0.39, 0.29) is 11.8 Å². The average molecular weight is 458 g/mol. The molecule has 3 heterocycles. The van der Waals surface area contributed by atoms with Crippen LogP contribution < -0.4 is 10.2 Å². The molecule has 2 aliphatic rings. The number of nitrogens with one attached hydrogen (secondary N) is 1. The van der Waals surface area contributed by atoms with Gasteiger partial charge in [0.2, 0.25) is 5.91 Å². The number of thiazole rings is 1. The molecule has 0 radical (unpaired) electrons. The van der Waals surface area contributed by atoms with Gasteiger partial charge in [0, 0.05) is 45.8 Å². The van der Waals surface area contributed by atoms with Crippen LogP contribution in [0.5, 0.6) is 0 Å². The Balaban J connectivity index is 1.22. The molecule has 1 amide bonds. The maximum atomic E-state index is 12.8. The second-order valence-corrected chi connectivity index (χ2v) is 10.5. The Bertz CT molecular complexity index is 905. The van der Waals surface area contributed by atoms with Gasteiger partial charge in [-0.3, -0.25) is 4.79 Å². The molecule has 1 atom stereocenters. The summed E-state index contributed by atoms with van der Waals surface area (Å²) >= 11 is 1.76. The van der Waals surface area contributed by atoms with E-state index in [1.165, 1.54) is 41.9 Å². The van der Waals surface area contributed by atoms with Crippen molar-refractivity contribution in [1.29, 1.82) is 0 Å². The molecule has 32 heavy (non-hydrogen) atoms. The van der Waals surface area contributed by atoms with Gasteiger partial charge in [-0.1, -0.05) is 24.3 Å². The zero-order chi connectivity index (χ0) is 22.5. The Labute approximate surface area is 197 Å². The molecule has 1 aromatic heterocycles. The molecule has 0 bridgehead atoms. The van der Waals surface area contributed by atoms with Gasteiger partial charge in [0.15, 0.2) is 5.13 Å². The minimum absolute atomic E-state index is 0.0659. The monoisotopic (exact) mass is 457 g/mol. The van der Waals surface area contributed by atoms with Crippen molar-refractivity contribution < 1.29 is 4.79 Å². The summed E-state index contributed by atoms with van der Waals surface area (Å²) in [6.45, 7) is 16.1. The smallest absolute Gasteiger partial charge is 0.224 e.